The molecule has 0 spiro atoms. The van der Waals surface area contributed by atoms with Crippen molar-refractivity contribution in [3.63, 3.8) is 0 Å². The van der Waals surface area contributed by atoms with Crippen molar-refractivity contribution < 1.29 is 0 Å². The van der Waals surface area contributed by atoms with E-state index in [-0.39, 0.29) is 5.43 Å². The van der Waals surface area contributed by atoms with Gasteiger partial charge in [-0.15, -0.1) is 0 Å². The quantitative estimate of drug-likeness (QED) is 0.635. The summed E-state index contributed by atoms with van der Waals surface area (Å²) in [5.74, 6) is 1.40. The number of aromatic nitrogens is 1. The predicted molar refractivity (Wildman–Crippen MR) is 115 cm³/mol. The summed E-state index contributed by atoms with van der Waals surface area (Å²) >= 11 is 1.56. The average Bonchev–Trinajstić information content (AvgIpc) is 2.59. The fourth-order valence-corrected chi connectivity index (χ4v) is 2.55. The van der Waals surface area contributed by atoms with E-state index in [0.29, 0.717) is 11.3 Å². The van der Waals surface area contributed by atoms with Crippen molar-refractivity contribution in [2.45, 2.75) is 48.0 Å². The van der Waals surface area contributed by atoms with E-state index in [1.165, 1.54) is 12.0 Å². The van der Waals surface area contributed by atoms with Gasteiger partial charge in [-0.3, -0.25) is 4.79 Å². The Bertz CT molecular complexity index is 784. The molecule has 0 fully saturated rings. The number of rotatable bonds is 5. The summed E-state index contributed by atoms with van der Waals surface area (Å²) < 4.78 is 0. The summed E-state index contributed by atoms with van der Waals surface area (Å²) in [6.45, 7) is 17.1. The number of thioether (sulfide) groups is 1. The zero-order valence-corrected chi connectivity index (χ0v) is 17.2. The zero-order valence-electron chi connectivity index (χ0n) is 16.3. The maximum atomic E-state index is 12.1. The molecule has 0 amide bonds. The van der Waals surface area contributed by atoms with Crippen LogP contribution in [0.1, 0.15) is 53.7 Å². The minimum Gasteiger partial charge on any atom is -0.354 e. The van der Waals surface area contributed by atoms with Crippen molar-refractivity contribution >= 4 is 27.6 Å². The van der Waals surface area contributed by atoms with Crippen LogP contribution < -0.4 is 5.43 Å². The lowest BCUT2D eigenvalue weighted by molar-refractivity contribution is 0.626. The number of benzene rings is 1. The van der Waals surface area contributed by atoms with Crippen LogP contribution in [-0.4, -0.2) is 4.98 Å². The van der Waals surface area contributed by atoms with Crippen LogP contribution in [0.3, 0.4) is 0 Å². The van der Waals surface area contributed by atoms with Crippen molar-refractivity contribution in [2.24, 2.45) is 11.8 Å². The topological polar surface area (TPSA) is 32.9 Å². The first-order valence-corrected chi connectivity index (χ1v) is 9.78. The molecule has 0 atom stereocenters. The second-order valence-corrected chi connectivity index (χ2v) is 7.92. The first kappa shape index (κ1) is 21.3. The van der Waals surface area contributed by atoms with Crippen molar-refractivity contribution in [1.82, 2.24) is 4.98 Å². The second-order valence-electron chi connectivity index (χ2n) is 6.95. The number of H-pyrrole nitrogens is 1. The zero-order chi connectivity index (χ0) is 19.0. The molecule has 0 unspecified atom stereocenters. The van der Waals surface area contributed by atoms with Gasteiger partial charge in [-0.1, -0.05) is 77.1 Å². The number of hydrogen-bond acceptors (Lipinski definition) is 2. The number of aromatic amines is 1. The molecule has 1 heterocycles. The lowest BCUT2D eigenvalue weighted by Gasteiger charge is -2.07. The van der Waals surface area contributed by atoms with Crippen LogP contribution in [0.5, 0.6) is 0 Å². The summed E-state index contributed by atoms with van der Waals surface area (Å²) in [5.41, 5.74) is 2.97. The van der Waals surface area contributed by atoms with Gasteiger partial charge in [-0.2, -0.15) is 0 Å². The van der Waals surface area contributed by atoms with Gasteiger partial charge in [0, 0.05) is 21.9 Å². The number of pyridine rings is 1. The normalized spacial score (nSPS) is 11.6. The highest BCUT2D eigenvalue weighted by atomic mass is 32.2. The molecule has 25 heavy (non-hydrogen) atoms. The largest absolute Gasteiger partial charge is 0.354 e. The summed E-state index contributed by atoms with van der Waals surface area (Å²) in [6, 6.07) is 9.15. The Balaban J connectivity index is 0.000000550. The van der Waals surface area contributed by atoms with Gasteiger partial charge in [0.15, 0.2) is 5.43 Å². The Morgan fingerprint density at radius 2 is 1.84 bits per heavy atom. The van der Waals surface area contributed by atoms with E-state index in [2.05, 4.69) is 58.5 Å². The highest BCUT2D eigenvalue weighted by Gasteiger charge is 2.05. The van der Waals surface area contributed by atoms with Gasteiger partial charge >= 0.3 is 0 Å². The Morgan fingerprint density at radius 1 is 1.24 bits per heavy atom. The maximum Gasteiger partial charge on any atom is 0.190 e. The number of para-hydroxylation sites is 1. The lowest BCUT2D eigenvalue weighted by Crippen LogP contribution is -2.03. The Kier molecular flexibility index (Phi) is 8.77. The van der Waals surface area contributed by atoms with Crippen molar-refractivity contribution in [2.75, 3.05) is 0 Å². The molecule has 0 saturated heterocycles. The standard InChI is InChI=1S/C17H19NOS.C5H12/c1-11(2)12(3)10-20-13(4)16-9-17(19)14-7-5-6-8-15(14)18-16;1-4-5(2)3/h5-11H,4H2,1-3H3,(H,18,19);5H,4H2,1-3H3/b12-10+;. The highest BCUT2D eigenvalue weighted by molar-refractivity contribution is 8.10. The van der Waals surface area contributed by atoms with Gasteiger partial charge in [0.2, 0.25) is 0 Å². The summed E-state index contributed by atoms with van der Waals surface area (Å²) in [6.07, 6.45) is 1.31. The Labute approximate surface area is 156 Å². The van der Waals surface area contributed by atoms with Gasteiger partial charge in [-0.05, 0) is 36.3 Å². The van der Waals surface area contributed by atoms with E-state index in [0.717, 1.165) is 22.0 Å². The first-order chi connectivity index (χ1) is 11.8. The first-order valence-electron chi connectivity index (χ1n) is 8.90. The van der Waals surface area contributed by atoms with E-state index in [4.69, 9.17) is 0 Å². The Morgan fingerprint density at radius 3 is 2.40 bits per heavy atom. The van der Waals surface area contributed by atoms with Crippen LogP contribution in [0.4, 0.5) is 0 Å². The van der Waals surface area contributed by atoms with E-state index in [1.54, 1.807) is 17.8 Å². The van der Waals surface area contributed by atoms with Gasteiger partial charge in [-0.25, -0.2) is 0 Å². The van der Waals surface area contributed by atoms with Crippen LogP contribution in [0.2, 0.25) is 0 Å². The molecule has 0 aliphatic rings. The predicted octanol–water partition coefficient (Wildman–Crippen LogP) is 6.84. The Hall–Kier alpha value is -1.74. The number of hydrogen-bond donors (Lipinski definition) is 1. The molecule has 0 aliphatic heterocycles. The molecule has 0 radical (unpaired) electrons. The number of fused-ring (bicyclic) bond motifs is 1. The summed E-state index contributed by atoms with van der Waals surface area (Å²) in [5, 5.41) is 2.81. The lowest BCUT2D eigenvalue weighted by atomic mass is 10.1. The molecule has 2 rings (SSSR count). The minimum atomic E-state index is 0.0284. The maximum absolute atomic E-state index is 12.1. The van der Waals surface area contributed by atoms with E-state index < -0.39 is 0 Å². The molecule has 1 N–H and O–H groups in total. The summed E-state index contributed by atoms with van der Waals surface area (Å²) in [7, 11) is 0. The molecule has 0 bridgehead atoms. The fourth-order valence-electron chi connectivity index (χ4n) is 1.71. The smallest absolute Gasteiger partial charge is 0.190 e. The average molecular weight is 358 g/mol. The van der Waals surface area contributed by atoms with Gasteiger partial charge in [0.05, 0.1) is 5.69 Å². The molecule has 3 heteroatoms. The van der Waals surface area contributed by atoms with Crippen LogP contribution >= 0.6 is 11.8 Å². The second kappa shape index (κ2) is 10.3. The minimum absolute atomic E-state index is 0.0284. The van der Waals surface area contributed by atoms with Crippen molar-refractivity contribution in [3.8, 4) is 0 Å². The van der Waals surface area contributed by atoms with Crippen molar-refractivity contribution in [3.05, 3.63) is 63.8 Å². The molecule has 0 saturated carbocycles. The third-order valence-electron chi connectivity index (χ3n) is 4.15. The van der Waals surface area contributed by atoms with Gasteiger partial charge in [0.1, 0.15) is 0 Å². The van der Waals surface area contributed by atoms with Crippen LogP contribution in [0, 0.1) is 11.8 Å². The molecule has 1 aromatic carbocycles. The number of nitrogens with one attached hydrogen (secondary N) is 1. The van der Waals surface area contributed by atoms with Crippen LogP contribution in [0.25, 0.3) is 15.8 Å². The third-order valence-corrected chi connectivity index (χ3v) is 5.15. The van der Waals surface area contributed by atoms with Crippen LogP contribution in [0.15, 0.2) is 52.7 Å². The molecule has 1 aromatic heterocycles. The molecule has 2 aromatic rings. The fraction of sp³-hybridized carbons (Fsp3) is 0.409. The molecule has 136 valence electrons. The van der Waals surface area contributed by atoms with Gasteiger partial charge in [0.25, 0.3) is 0 Å². The third kappa shape index (κ3) is 6.95. The highest BCUT2D eigenvalue weighted by Crippen LogP contribution is 2.27. The van der Waals surface area contributed by atoms with Crippen LogP contribution in [-0.2, 0) is 0 Å². The van der Waals surface area contributed by atoms with Crippen molar-refractivity contribution in [1.29, 1.82) is 0 Å². The van der Waals surface area contributed by atoms with Gasteiger partial charge < -0.3 is 4.98 Å². The number of allylic oxidation sites excluding steroid dienone is 1. The van der Waals surface area contributed by atoms with E-state index >= 15 is 0 Å². The molecular weight excluding hydrogens is 326 g/mol. The summed E-state index contributed by atoms with van der Waals surface area (Å²) in [4.78, 5) is 16.2. The van der Waals surface area contributed by atoms with E-state index in [9.17, 15) is 4.79 Å². The molecule has 2 nitrogen and oxygen atoms in total. The SMILES string of the molecule is C=C(S/C=C(\C)C(C)C)c1cc(=O)c2ccccc2[nH]1.CCC(C)C. The molecular formula is C22H31NOS. The monoisotopic (exact) mass is 357 g/mol. The van der Waals surface area contributed by atoms with E-state index in [1.807, 2.05) is 24.3 Å². The molecule has 0 aliphatic carbocycles.